The molecule has 0 aromatic rings. The van der Waals surface area contributed by atoms with Gasteiger partial charge in [-0.05, 0) is 58.8 Å². The Morgan fingerprint density at radius 2 is 1.85 bits per heavy atom. The Morgan fingerprint density at radius 3 is 2.18 bits per heavy atom. The molecule has 4 nitrogen and oxygen atoms in total. The fourth-order valence-electron chi connectivity index (χ4n) is 3.06. The molecule has 0 aromatic carbocycles. The average molecular weight is 470 g/mol. The fourth-order valence-corrected chi connectivity index (χ4v) is 3.71. The zero-order valence-electron chi connectivity index (χ0n) is 23.4. The van der Waals surface area contributed by atoms with Gasteiger partial charge in [0.2, 0.25) is 0 Å². The molecule has 1 unspecified atom stereocenters. The van der Waals surface area contributed by atoms with Gasteiger partial charge in [-0.2, -0.15) is 6.42 Å². The van der Waals surface area contributed by atoms with E-state index >= 15 is 0 Å². The Balaban J connectivity index is 0. The van der Waals surface area contributed by atoms with Gasteiger partial charge in [0.15, 0.2) is 0 Å². The summed E-state index contributed by atoms with van der Waals surface area (Å²) in [6.45, 7) is 20.9. The summed E-state index contributed by atoms with van der Waals surface area (Å²) in [6, 6.07) is 0. The van der Waals surface area contributed by atoms with Gasteiger partial charge in [0.25, 0.3) is 0 Å². The average Bonchev–Trinajstić information content (AvgIpc) is 3.51. The predicted octanol–water partition coefficient (Wildman–Crippen LogP) is 3.82. The number of ether oxygens (including phenoxy) is 1. The molecule has 3 aliphatic heterocycles. The Bertz CT molecular complexity index is 582. The van der Waals surface area contributed by atoms with Crippen LogP contribution in [-0.2, 0) is 4.74 Å². The quantitative estimate of drug-likeness (QED) is 0.266. The molecule has 1 fully saturated rings. The van der Waals surface area contributed by atoms with Gasteiger partial charge in [-0.15, -0.1) is 11.5 Å². The van der Waals surface area contributed by atoms with Crippen LogP contribution < -0.4 is 18.9 Å². The number of aliphatic imine (C=N–C) groups is 2. The molecule has 6 heteroatoms. The van der Waals surface area contributed by atoms with Crippen molar-refractivity contribution < 1.29 is 23.6 Å². The van der Waals surface area contributed by atoms with E-state index < -0.39 is 8.07 Å². The number of rotatable bonds is 5. The van der Waals surface area contributed by atoms with Crippen molar-refractivity contribution in [3.05, 3.63) is 6.92 Å². The molecular formula is C27H52LiN3OSi. The molecule has 1 atom stereocenters. The number of amidine groups is 1. The van der Waals surface area contributed by atoms with E-state index in [0.29, 0.717) is 6.10 Å². The first-order valence-electron chi connectivity index (χ1n) is 12.8. The van der Waals surface area contributed by atoms with Crippen LogP contribution in [0.3, 0.4) is 0 Å². The summed E-state index contributed by atoms with van der Waals surface area (Å²) in [7, 11) is 0.934. The van der Waals surface area contributed by atoms with Crippen molar-refractivity contribution in [2.75, 3.05) is 33.3 Å². The van der Waals surface area contributed by atoms with Crippen molar-refractivity contribution in [1.82, 2.24) is 4.90 Å². The van der Waals surface area contributed by atoms with Crippen molar-refractivity contribution in [3.63, 3.8) is 0 Å². The van der Waals surface area contributed by atoms with Gasteiger partial charge >= 0.3 is 18.9 Å². The van der Waals surface area contributed by atoms with Gasteiger partial charge in [-0.25, -0.2) is 0 Å². The van der Waals surface area contributed by atoms with Crippen LogP contribution in [-0.4, -0.2) is 63.9 Å². The van der Waals surface area contributed by atoms with E-state index in [0.717, 1.165) is 39.1 Å². The molecule has 186 valence electrons. The van der Waals surface area contributed by atoms with E-state index in [4.69, 9.17) is 4.74 Å². The van der Waals surface area contributed by atoms with E-state index in [2.05, 4.69) is 73.8 Å². The van der Waals surface area contributed by atoms with Crippen molar-refractivity contribution in [2.24, 2.45) is 9.98 Å². The smallest absolute Gasteiger partial charge is 0.379 e. The van der Waals surface area contributed by atoms with Crippen molar-refractivity contribution >= 4 is 19.6 Å². The van der Waals surface area contributed by atoms with Crippen molar-refractivity contribution in [1.29, 1.82) is 0 Å². The van der Waals surface area contributed by atoms with Gasteiger partial charge in [0.1, 0.15) is 8.07 Å². The topological polar surface area (TPSA) is 37.2 Å². The zero-order chi connectivity index (χ0) is 24.2. The Kier molecular flexibility index (Phi) is 23.1. The first-order chi connectivity index (χ1) is 15.2. The molecule has 0 spiro atoms. The summed E-state index contributed by atoms with van der Waals surface area (Å²) in [5.41, 5.74) is 4.86. The fraction of sp³-hybridized carbons (Fsp3) is 0.815. The second-order valence-electron chi connectivity index (χ2n) is 9.84. The molecule has 0 radical (unpaired) electrons. The maximum Gasteiger partial charge on any atom is 1.00 e. The monoisotopic (exact) mass is 469 g/mol. The SMILES string of the molecule is CC1=NCCN1C.CC1CCCO1.C[Si](C)(C)C#CCCCCC1=NCCC1.[CH2-]CCC.[Li+]. The van der Waals surface area contributed by atoms with E-state index in [9.17, 15) is 0 Å². The molecule has 0 aromatic heterocycles. The third-order valence-corrected chi connectivity index (χ3v) is 6.21. The van der Waals surface area contributed by atoms with E-state index in [-0.39, 0.29) is 18.9 Å². The number of hydrogen-bond donors (Lipinski definition) is 0. The molecular weight excluding hydrogens is 417 g/mol. The molecule has 33 heavy (non-hydrogen) atoms. The minimum atomic E-state index is -1.13. The molecule has 3 heterocycles. The standard InChI is InChI=1S/C13H23NSi.C5H10N2.C5H10O.C4H9.Li/c1-15(2,3)12-7-5-4-6-9-13-10-8-11-14-13;1-5-6-3-4-7(5)2;1-5-3-2-4-6-5;1-3-4-2;/h4-6,8-11H2,1-3H3;3-4H2,1-2H3;5H,2-4H2,1H3;1,3-4H2,2H3;/q;;;-1;+1. The van der Waals surface area contributed by atoms with Gasteiger partial charge in [0, 0.05) is 38.9 Å². The summed E-state index contributed by atoms with van der Waals surface area (Å²) >= 11 is 0. The molecule has 0 saturated carbocycles. The van der Waals surface area contributed by atoms with Crippen molar-refractivity contribution in [2.45, 2.75) is 111 Å². The maximum atomic E-state index is 5.15. The molecule has 0 bridgehead atoms. The van der Waals surface area contributed by atoms with Crippen LogP contribution in [0.1, 0.15) is 85.0 Å². The van der Waals surface area contributed by atoms with Gasteiger partial charge in [-0.3, -0.25) is 9.98 Å². The van der Waals surface area contributed by atoms with Gasteiger partial charge in [0.05, 0.1) is 18.5 Å². The number of hydrogen-bond acceptors (Lipinski definition) is 4. The second kappa shape index (κ2) is 22.0. The van der Waals surface area contributed by atoms with Gasteiger partial charge in [-0.1, -0.05) is 33.0 Å². The largest absolute Gasteiger partial charge is 1.00 e. The number of likely N-dealkylation sites (N-methyl/N-ethyl adjacent to an activating group) is 1. The summed E-state index contributed by atoms with van der Waals surface area (Å²) in [5, 5.41) is 0. The second-order valence-corrected chi connectivity index (χ2v) is 14.6. The number of unbranched alkanes of at least 4 members (excludes halogenated alkanes) is 3. The summed E-state index contributed by atoms with van der Waals surface area (Å²) in [6.07, 6.45) is 12.7. The van der Waals surface area contributed by atoms with E-state index in [1.54, 1.807) is 0 Å². The Morgan fingerprint density at radius 1 is 1.15 bits per heavy atom. The normalized spacial score (nSPS) is 18.7. The minimum absolute atomic E-state index is 0. The summed E-state index contributed by atoms with van der Waals surface area (Å²) in [5.74, 6) is 4.49. The zero-order valence-corrected chi connectivity index (χ0v) is 24.4. The van der Waals surface area contributed by atoms with Crippen LogP contribution in [0, 0.1) is 18.4 Å². The molecule has 3 aliphatic rings. The molecule has 3 rings (SSSR count). The Hall–Kier alpha value is -0.526. The third kappa shape index (κ3) is 23.0. The van der Waals surface area contributed by atoms with E-state index in [1.807, 2.05) is 6.92 Å². The van der Waals surface area contributed by atoms with Crippen LogP contribution in [0.5, 0.6) is 0 Å². The van der Waals surface area contributed by atoms with Crippen LogP contribution in [0.25, 0.3) is 0 Å². The Labute approximate surface area is 220 Å². The molecule has 0 aliphatic carbocycles. The minimum Gasteiger partial charge on any atom is -0.379 e. The first-order valence-corrected chi connectivity index (χ1v) is 16.3. The third-order valence-electron chi connectivity index (χ3n) is 5.28. The summed E-state index contributed by atoms with van der Waals surface area (Å²) < 4.78 is 5.15. The predicted molar refractivity (Wildman–Crippen MR) is 147 cm³/mol. The maximum absolute atomic E-state index is 5.15. The van der Waals surface area contributed by atoms with E-state index in [1.165, 1.54) is 62.9 Å². The van der Waals surface area contributed by atoms with Crippen molar-refractivity contribution in [3.8, 4) is 11.5 Å². The van der Waals surface area contributed by atoms with Crippen LogP contribution >= 0.6 is 0 Å². The molecule has 1 saturated heterocycles. The van der Waals surface area contributed by atoms with Crippen LogP contribution in [0.4, 0.5) is 0 Å². The summed E-state index contributed by atoms with van der Waals surface area (Å²) in [4.78, 5) is 10.8. The first kappa shape index (κ1) is 34.6. The number of nitrogens with zero attached hydrogens (tertiary/aromatic N) is 3. The molecule has 0 amide bonds. The van der Waals surface area contributed by atoms with Crippen LogP contribution in [0.2, 0.25) is 19.6 Å². The molecule has 0 N–H and O–H groups in total. The van der Waals surface area contributed by atoms with Crippen LogP contribution in [0.15, 0.2) is 9.98 Å². The van der Waals surface area contributed by atoms with Gasteiger partial charge < -0.3 is 16.6 Å².